The SMILES string of the molecule is CCOc1ccccc1N1CCN(C(=O)c2cc(-c3ccccc3F)nn2-c2ccc(Cl)cc2)CC1. The maximum Gasteiger partial charge on any atom is 0.272 e. The van der Waals surface area contributed by atoms with Gasteiger partial charge in [-0.3, -0.25) is 4.79 Å². The van der Waals surface area contributed by atoms with Crippen molar-refractivity contribution in [2.75, 3.05) is 37.7 Å². The molecule has 36 heavy (non-hydrogen) atoms. The number of piperazine rings is 1. The Kier molecular flexibility index (Phi) is 6.91. The molecule has 1 aliphatic rings. The van der Waals surface area contributed by atoms with E-state index in [9.17, 15) is 9.18 Å². The summed E-state index contributed by atoms with van der Waals surface area (Å²) in [5, 5.41) is 5.19. The van der Waals surface area contributed by atoms with Gasteiger partial charge < -0.3 is 14.5 Å². The van der Waals surface area contributed by atoms with Crippen LogP contribution >= 0.6 is 11.6 Å². The first-order chi connectivity index (χ1) is 17.5. The van der Waals surface area contributed by atoms with Crippen LogP contribution in [0.3, 0.4) is 0 Å². The number of aromatic nitrogens is 2. The van der Waals surface area contributed by atoms with E-state index in [1.165, 1.54) is 6.07 Å². The number of nitrogens with zero attached hydrogens (tertiary/aromatic N) is 4. The van der Waals surface area contributed by atoms with Gasteiger partial charge in [0.15, 0.2) is 0 Å². The van der Waals surface area contributed by atoms with E-state index in [2.05, 4.69) is 10.00 Å². The summed E-state index contributed by atoms with van der Waals surface area (Å²) < 4.78 is 21.9. The number of ether oxygens (including phenoxy) is 1. The average molecular weight is 505 g/mol. The molecule has 8 heteroatoms. The second kappa shape index (κ2) is 10.4. The van der Waals surface area contributed by atoms with Gasteiger partial charge in [-0.1, -0.05) is 35.9 Å². The standard InChI is InChI=1S/C28H26ClFN4O2/c1-2-36-27-10-6-5-9-25(27)32-15-17-33(18-16-32)28(35)26-19-24(22-7-3-4-8-23(22)30)31-34(26)21-13-11-20(29)12-14-21/h3-14,19H,2,15-18H2,1H3. The lowest BCUT2D eigenvalue weighted by Crippen LogP contribution is -2.49. The Hall–Kier alpha value is -3.84. The minimum Gasteiger partial charge on any atom is -0.492 e. The van der Waals surface area contributed by atoms with E-state index in [0.717, 1.165) is 11.4 Å². The maximum atomic E-state index is 14.5. The second-order valence-electron chi connectivity index (χ2n) is 8.46. The third-order valence-corrected chi connectivity index (χ3v) is 6.47. The third kappa shape index (κ3) is 4.79. The number of hydrogen-bond donors (Lipinski definition) is 0. The Balaban J connectivity index is 1.42. The fraction of sp³-hybridized carbons (Fsp3) is 0.214. The maximum absolute atomic E-state index is 14.5. The van der Waals surface area contributed by atoms with Crippen molar-refractivity contribution in [1.82, 2.24) is 14.7 Å². The van der Waals surface area contributed by atoms with Crippen LogP contribution < -0.4 is 9.64 Å². The van der Waals surface area contributed by atoms with Crippen molar-refractivity contribution in [1.29, 1.82) is 0 Å². The van der Waals surface area contributed by atoms with E-state index >= 15 is 0 Å². The molecule has 184 valence electrons. The van der Waals surface area contributed by atoms with E-state index < -0.39 is 0 Å². The molecular formula is C28H26ClFN4O2. The number of benzene rings is 3. The van der Waals surface area contributed by atoms with Crippen LogP contribution in [0.25, 0.3) is 16.9 Å². The first kappa shape index (κ1) is 23.9. The van der Waals surface area contributed by atoms with Gasteiger partial charge in [0.1, 0.15) is 17.3 Å². The molecule has 4 aromatic rings. The van der Waals surface area contributed by atoms with E-state index in [4.69, 9.17) is 16.3 Å². The number of halogens is 2. The van der Waals surface area contributed by atoms with Crippen molar-refractivity contribution in [3.63, 3.8) is 0 Å². The summed E-state index contributed by atoms with van der Waals surface area (Å²) in [5.74, 6) is 0.298. The molecule has 1 aromatic heterocycles. The summed E-state index contributed by atoms with van der Waals surface area (Å²) in [5.41, 5.74) is 2.82. The van der Waals surface area contributed by atoms with Gasteiger partial charge in [0.05, 0.1) is 23.7 Å². The lowest BCUT2D eigenvalue weighted by atomic mass is 10.1. The zero-order valence-corrected chi connectivity index (χ0v) is 20.7. The molecule has 1 aliphatic heterocycles. The predicted molar refractivity (Wildman–Crippen MR) is 140 cm³/mol. The molecule has 2 heterocycles. The van der Waals surface area contributed by atoms with Crippen molar-refractivity contribution in [3.8, 4) is 22.7 Å². The fourth-order valence-electron chi connectivity index (χ4n) is 4.42. The molecule has 3 aromatic carbocycles. The number of hydrogen-bond acceptors (Lipinski definition) is 4. The van der Waals surface area contributed by atoms with Gasteiger partial charge in [-0.05, 0) is 61.5 Å². The zero-order valence-electron chi connectivity index (χ0n) is 19.9. The topological polar surface area (TPSA) is 50.6 Å². The Morgan fingerprint density at radius 2 is 1.67 bits per heavy atom. The molecule has 1 saturated heterocycles. The van der Waals surface area contributed by atoms with Crippen LogP contribution in [-0.2, 0) is 0 Å². The summed E-state index contributed by atoms with van der Waals surface area (Å²) >= 11 is 6.07. The normalized spacial score (nSPS) is 13.6. The largest absolute Gasteiger partial charge is 0.492 e. The highest BCUT2D eigenvalue weighted by Crippen LogP contribution is 2.30. The lowest BCUT2D eigenvalue weighted by Gasteiger charge is -2.36. The monoisotopic (exact) mass is 504 g/mol. The first-order valence-corrected chi connectivity index (χ1v) is 12.3. The van der Waals surface area contributed by atoms with Gasteiger partial charge in [0.2, 0.25) is 0 Å². The predicted octanol–water partition coefficient (Wildman–Crippen LogP) is 5.69. The lowest BCUT2D eigenvalue weighted by molar-refractivity contribution is 0.0737. The molecule has 1 fully saturated rings. The Labute approximate surface area is 214 Å². The molecule has 0 spiro atoms. The number of carbonyl (C=O) groups excluding carboxylic acids is 1. The molecule has 0 N–H and O–H groups in total. The summed E-state index contributed by atoms with van der Waals surface area (Å²) in [6.45, 7) is 4.98. The van der Waals surface area contributed by atoms with Gasteiger partial charge >= 0.3 is 0 Å². The molecule has 5 rings (SSSR count). The average Bonchev–Trinajstić information content (AvgIpc) is 3.35. The highest BCUT2D eigenvalue weighted by Gasteiger charge is 2.27. The number of rotatable bonds is 6. The van der Waals surface area contributed by atoms with E-state index in [0.29, 0.717) is 60.4 Å². The second-order valence-corrected chi connectivity index (χ2v) is 8.90. The van der Waals surface area contributed by atoms with Gasteiger partial charge in [0, 0.05) is 36.8 Å². The van der Waals surface area contributed by atoms with Gasteiger partial charge in [-0.25, -0.2) is 9.07 Å². The molecule has 0 saturated carbocycles. The minimum absolute atomic E-state index is 0.155. The van der Waals surface area contributed by atoms with Crippen LogP contribution in [0.4, 0.5) is 10.1 Å². The van der Waals surface area contributed by atoms with Gasteiger partial charge in [-0.15, -0.1) is 0 Å². The smallest absolute Gasteiger partial charge is 0.272 e. The number of amides is 1. The molecule has 0 radical (unpaired) electrons. The molecule has 0 bridgehead atoms. The molecule has 0 aliphatic carbocycles. The zero-order chi connectivity index (χ0) is 25.1. The number of para-hydroxylation sites is 2. The van der Waals surface area contributed by atoms with Crippen molar-refractivity contribution >= 4 is 23.2 Å². The molecular weight excluding hydrogens is 479 g/mol. The summed E-state index contributed by atoms with van der Waals surface area (Å²) in [6, 6.07) is 23.1. The fourth-order valence-corrected chi connectivity index (χ4v) is 4.55. The van der Waals surface area contributed by atoms with Crippen LogP contribution in [0, 0.1) is 5.82 Å². The van der Waals surface area contributed by atoms with Crippen LogP contribution in [0.15, 0.2) is 78.9 Å². The Morgan fingerprint density at radius 3 is 2.39 bits per heavy atom. The molecule has 0 unspecified atom stereocenters. The van der Waals surface area contributed by atoms with Crippen molar-refractivity contribution < 1.29 is 13.9 Å². The van der Waals surface area contributed by atoms with Crippen molar-refractivity contribution in [2.24, 2.45) is 0 Å². The van der Waals surface area contributed by atoms with E-state index in [1.54, 1.807) is 53.2 Å². The summed E-state index contributed by atoms with van der Waals surface area (Å²) in [7, 11) is 0. The summed E-state index contributed by atoms with van der Waals surface area (Å²) in [6.07, 6.45) is 0. The molecule has 0 atom stereocenters. The van der Waals surface area contributed by atoms with Crippen LogP contribution in [-0.4, -0.2) is 53.4 Å². The van der Waals surface area contributed by atoms with Crippen molar-refractivity contribution in [2.45, 2.75) is 6.92 Å². The number of carbonyl (C=O) groups is 1. The van der Waals surface area contributed by atoms with E-state index in [1.807, 2.05) is 36.1 Å². The van der Waals surface area contributed by atoms with Crippen LogP contribution in [0.2, 0.25) is 5.02 Å². The third-order valence-electron chi connectivity index (χ3n) is 6.22. The molecule has 6 nitrogen and oxygen atoms in total. The first-order valence-electron chi connectivity index (χ1n) is 11.9. The highest BCUT2D eigenvalue weighted by molar-refractivity contribution is 6.30. The van der Waals surface area contributed by atoms with E-state index in [-0.39, 0.29) is 11.7 Å². The Bertz CT molecular complexity index is 1360. The van der Waals surface area contributed by atoms with Crippen LogP contribution in [0.5, 0.6) is 5.75 Å². The highest BCUT2D eigenvalue weighted by atomic mass is 35.5. The van der Waals surface area contributed by atoms with Gasteiger partial charge in [0.25, 0.3) is 5.91 Å². The van der Waals surface area contributed by atoms with Crippen LogP contribution in [0.1, 0.15) is 17.4 Å². The number of anilines is 1. The quantitative estimate of drug-likeness (QED) is 0.338. The molecule has 1 amide bonds. The minimum atomic E-state index is -0.390. The summed E-state index contributed by atoms with van der Waals surface area (Å²) in [4.78, 5) is 17.8. The Morgan fingerprint density at radius 1 is 0.972 bits per heavy atom. The van der Waals surface area contributed by atoms with Gasteiger partial charge in [-0.2, -0.15) is 5.10 Å². The van der Waals surface area contributed by atoms with Crippen molar-refractivity contribution in [3.05, 3.63) is 95.4 Å².